The fraction of sp³-hybridized carbons (Fsp3) is 0.294. The van der Waals surface area contributed by atoms with Crippen molar-refractivity contribution in [3.05, 3.63) is 64.2 Å². The highest BCUT2D eigenvalue weighted by Gasteiger charge is 2.14. The molecule has 1 atom stereocenters. The first kappa shape index (κ1) is 14.9. The van der Waals surface area contributed by atoms with E-state index in [1.54, 1.807) is 25.3 Å². The summed E-state index contributed by atoms with van der Waals surface area (Å²) >= 11 is 5.99. The molecule has 2 rings (SSSR count). The summed E-state index contributed by atoms with van der Waals surface area (Å²) in [5.41, 5.74) is 3.11. The van der Waals surface area contributed by atoms with Crippen molar-refractivity contribution in [3.8, 4) is 5.75 Å². The van der Waals surface area contributed by atoms with Gasteiger partial charge >= 0.3 is 0 Å². The van der Waals surface area contributed by atoms with Crippen molar-refractivity contribution in [3.63, 3.8) is 0 Å². The van der Waals surface area contributed by atoms with Crippen LogP contribution in [0.3, 0.4) is 0 Å². The molecule has 0 aliphatic rings. The average molecular weight is 291 g/mol. The van der Waals surface area contributed by atoms with E-state index >= 15 is 0 Å². The number of rotatable bonds is 5. The molecular formula is C17H19ClO2. The Kier molecular flexibility index (Phi) is 5.05. The van der Waals surface area contributed by atoms with Gasteiger partial charge < -0.3 is 9.84 Å². The van der Waals surface area contributed by atoms with E-state index in [1.807, 2.05) is 0 Å². The third-order valence-corrected chi connectivity index (χ3v) is 3.65. The second-order valence-electron chi connectivity index (χ2n) is 4.78. The van der Waals surface area contributed by atoms with Gasteiger partial charge in [-0.2, -0.15) is 0 Å². The van der Waals surface area contributed by atoms with Gasteiger partial charge in [0.25, 0.3) is 0 Å². The van der Waals surface area contributed by atoms with E-state index in [1.165, 1.54) is 5.56 Å². The van der Waals surface area contributed by atoms with Crippen LogP contribution in [0.1, 0.15) is 29.7 Å². The number of hydrogen-bond acceptors (Lipinski definition) is 2. The van der Waals surface area contributed by atoms with Gasteiger partial charge in [0.2, 0.25) is 0 Å². The first-order chi connectivity index (χ1) is 9.63. The molecule has 3 heteroatoms. The van der Waals surface area contributed by atoms with Crippen LogP contribution in [0.15, 0.2) is 42.5 Å². The molecule has 2 nitrogen and oxygen atoms in total. The van der Waals surface area contributed by atoms with Gasteiger partial charge in [0.15, 0.2) is 0 Å². The Labute approximate surface area is 125 Å². The first-order valence-electron chi connectivity index (χ1n) is 6.73. The normalized spacial score (nSPS) is 12.2. The van der Waals surface area contributed by atoms with E-state index in [0.717, 1.165) is 17.5 Å². The van der Waals surface area contributed by atoms with Crippen molar-refractivity contribution in [1.29, 1.82) is 0 Å². The Morgan fingerprint density at radius 1 is 1.10 bits per heavy atom. The molecule has 0 amide bonds. The maximum absolute atomic E-state index is 10.4. The molecule has 0 aliphatic carbocycles. The molecule has 0 aromatic heterocycles. The summed E-state index contributed by atoms with van der Waals surface area (Å²) in [6, 6.07) is 13.6. The Morgan fingerprint density at radius 3 is 2.35 bits per heavy atom. The monoisotopic (exact) mass is 290 g/mol. The molecule has 20 heavy (non-hydrogen) atoms. The molecule has 2 aromatic carbocycles. The molecule has 1 unspecified atom stereocenters. The second-order valence-corrected chi connectivity index (χ2v) is 5.21. The van der Waals surface area contributed by atoms with Gasteiger partial charge in [0.05, 0.1) is 13.2 Å². The Hall–Kier alpha value is -1.51. The number of aliphatic hydroxyl groups is 1. The van der Waals surface area contributed by atoms with E-state index in [2.05, 4.69) is 31.2 Å². The average Bonchev–Trinajstić information content (AvgIpc) is 2.48. The first-order valence-corrected chi connectivity index (χ1v) is 7.11. The van der Waals surface area contributed by atoms with E-state index < -0.39 is 6.10 Å². The number of hydrogen-bond donors (Lipinski definition) is 1. The van der Waals surface area contributed by atoms with Crippen LogP contribution in [0.25, 0.3) is 0 Å². The molecule has 0 saturated heterocycles. The predicted octanol–water partition coefficient (Wildman–Crippen LogP) is 4.19. The minimum atomic E-state index is -0.629. The Bertz CT molecular complexity index is 564. The van der Waals surface area contributed by atoms with Gasteiger partial charge in [-0.25, -0.2) is 0 Å². The standard InChI is InChI=1S/C17H19ClO2/c1-3-12-4-6-13(7-5-12)10-16(19)15-11-14(18)8-9-17(15)20-2/h4-9,11,16,19H,3,10H2,1-2H3. The second kappa shape index (κ2) is 6.78. The summed E-state index contributed by atoms with van der Waals surface area (Å²) in [7, 11) is 1.59. The Morgan fingerprint density at radius 2 is 1.75 bits per heavy atom. The van der Waals surface area contributed by atoms with Crippen LogP contribution in [0, 0.1) is 0 Å². The van der Waals surface area contributed by atoms with Crippen molar-refractivity contribution in [2.75, 3.05) is 7.11 Å². The van der Waals surface area contributed by atoms with E-state index in [-0.39, 0.29) is 0 Å². The lowest BCUT2D eigenvalue weighted by Gasteiger charge is -2.15. The molecule has 0 heterocycles. The summed E-state index contributed by atoms with van der Waals surface area (Å²) in [6.45, 7) is 2.13. The van der Waals surface area contributed by atoms with Gasteiger partial charge in [-0.1, -0.05) is 42.8 Å². The van der Waals surface area contributed by atoms with Crippen molar-refractivity contribution >= 4 is 11.6 Å². The number of aliphatic hydroxyl groups excluding tert-OH is 1. The van der Waals surface area contributed by atoms with Crippen LogP contribution in [-0.4, -0.2) is 12.2 Å². The minimum absolute atomic E-state index is 0.542. The highest BCUT2D eigenvalue weighted by atomic mass is 35.5. The molecule has 0 spiro atoms. The smallest absolute Gasteiger partial charge is 0.124 e. The maximum atomic E-state index is 10.4. The van der Waals surface area contributed by atoms with E-state index in [4.69, 9.17) is 16.3 Å². The van der Waals surface area contributed by atoms with Crippen LogP contribution < -0.4 is 4.74 Å². The zero-order chi connectivity index (χ0) is 14.5. The number of methoxy groups -OCH3 is 1. The largest absolute Gasteiger partial charge is 0.496 e. The molecule has 2 aromatic rings. The lowest BCUT2D eigenvalue weighted by Crippen LogP contribution is -2.04. The highest BCUT2D eigenvalue weighted by Crippen LogP contribution is 2.30. The third kappa shape index (κ3) is 3.53. The van der Waals surface area contributed by atoms with Gasteiger partial charge in [-0.05, 0) is 35.7 Å². The lowest BCUT2D eigenvalue weighted by molar-refractivity contribution is 0.174. The zero-order valence-corrected chi connectivity index (χ0v) is 12.5. The van der Waals surface area contributed by atoms with Crippen molar-refractivity contribution in [2.24, 2.45) is 0 Å². The zero-order valence-electron chi connectivity index (χ0n) is 11.8. The maximum Gasteiger partial charge on any atom is 0.124 e. The number of aryl methyl sites for hydroxylation is 1. The van der Waals surface area contributed by atoms with Gasteiger partial charge in [-0.15, -0.1) is 0 Å². The predicted molar refractivity (Wildman–Crippen MR) is 82.5 cm³/mol. The van der Waals surface area contributed by atoms with Gasteiger partial charge in [0.1, 0.15) is 5.75 Å². The topological polar surface area (TPSA) is 29.5 Å². The lowest BCUT2D eigenvalue weighted by atomic mass is 9.99. The van der Waals surface area contributed by atoms with Crippen LogP contribution >= 0.6 is 11.6 Å². The van der Waals surface area contributed by atoms with E-state index in [9.17, 15) is 5.11 Å². The van der Waals surface area contributed by atoms with Crippen molar-refractivity contribution in [1.82, 2.24) is 0 Å². The van der Waals surface area contributed by atoms with Crippen molar-refractivity contribution in [2.45, 2.75) is 25.9 Å². The summed E-state index contributed by atoms with van der Waals surface area (Å²) in [4.78, 5) is 0. The summed E-state index contributed by atoms with van der Waals surface area (Å²) in [5, 5.41) is 11.0. The number of halogens is 1. The van der Waals surface area contributed by atoms with Crippen LogP contribution in [0.5, 0.6) is 5.75 Å². The molecule has 0 saturated carbocycles. The Balaban J connectivity index is 2.18. The third-order valence-electron chi connectivity index (χ3n) is 3.41. The van der Waals surface area contributed by atoms with E-state index in [0.29, 0.717) is 17.2 Å². The van der Waals surface area contributed by atoms with Gasteiger partial charge in [-0.3, -0.25) is 0 Å². The highest BCUT2D eigenvalue weighted by molar-refractivity contribution is 6.30. The van der Waals surface area contributed by atoms with Crippen LogP contribution in [0.4, 0.5) is 0 Å². The molecular weight excluding hydrogens is 272 g/mol. The summed E-state index contributed by atoms with van der Waals surface area (Å²) in [5.74, 6) is 0.659. The van der Waals surface area contributed by atoms with Crippen LogP contribution in [0.2, 0.25) is 5.02 Å². The summed E-state index contributed by atoms with van der Waals surface area (Å²) < 4.78 is 5.28. The minimum Gasteiger partial charge on any atom is -0.496 e. The molecule has 0 bridgehead atoms. The summed E-state index contributed by atoms with van der Waals surface area (Å²) in [6.07, 6.45) is 0.933. The quantitative estimate of drug-likeness (QED) is 0.895. The fourth-order valence-electron chi connectivity index (χ4n) is 2.21. The molecule has 1 N–H and O–H groups in total. The van der Waals surface area contributed by atoms with Crippen LogP contribution in [-0.2, 0) is 12.8 Å². The SMILES string of the molecule is CCc1ccc(CC(O)c2cc(Cl)ccc2OC)cc1. The molecule has 0 radical (unpaired) electrons. The molecule has 106 valence electrons. The fourth-order valence-corrected chi connectivity index (χ4v) is 2.39. The van der Waals surface area contributed by atoms with Gasteiger partial charge in [0, 0.05) is 17.0 Å². The number of benzene rings is 2. The van der Waals surface area contributed by atoms with Crippen molar-refractivity contribution < 1.29 is 9.84 Å². The number of ether oxygens (including phenoxy) is 1. The molecule has 0 aliphatic heterocycles. The molecule has 0 fully saturated rings.